The summed E-state index contributed by atoms with van der Waals surface area (Å²) < 4.78 is 13.3. The van der Waals surface area contributed by atoms with E-state index in [0.717, 1.165) is 32.7 Å². The highest BCUT2D eigenvalue weighted by atomic mass is 32.1. The number of hydrogen-bond donors (Lipinski definition) is 0. The third kappa shape index (κ3) is 5.16. The number of ether oxygens (including phenoxy) is 2. The van der Waals surface area contributed by atoms with Crippen molar-refractivity contribution in [2.75, 3.05) is 13.2 Å². The van der Waals surface area contributed by atoms with Gasteiger partial charge in [-0.05, 0) is 57.0 Å². The number of nitrogens with zero attached hydrogens (tertiary/aromatic N) is 2. The largest absolute Gasteiger partial charge is 0.494 e. The molecule has 7 heteroatoms. The van der Waals surface area contributed by atoms with Gasteiger partial charge in [0.2, 0.25) is 0 Å². The normalized spacial score (nSPS) is 11.7. The first kappa shape index (κ1) is 21.8. The van der Waals surface area contributed by atoms with Gasteiger partial charge < -0.3 is 14.0 Å². The lowest BCUT2D eigenvalue weighted by molar-refractivity contribution is -0.143. The van der Waals surface area contributed by atoms with Crippen molar-refractivity contribution in [3.63, 3.8) is 0 Å². The van der Waals surface area contributed by atoms with E-state index in [0.29, 0.717) is 18.0 Å². The zero-order valence-electron chi connectivity index (χ0n) is 17.7. The van der Waals surface area contributed by atoms with Gasteiger partial charge in [0.15, 0.2) is 4.80 Å². The molecule has 0 N–H and O–H groups in total. The van der Waals surface area contributed by atoms with Gasteiger partial charge >= 0.3 is 5.97 Å². The van der Waals surface area contributed by atoms with Crippen LogP contribution in [0, 0.1) is 13.8 Å². The maximum absolute atomic E-state index is 12.7. The van der Waals surface area contributed by atoms with Crippen LogP contribution in [-0.4, -0.2) is 29.7 Å². The maximum atomic E-state index is 12.7. The molecule has 0 spiro atoms. The summed E-state index contributed by atoms with van der Waals surface area (Å²) in [7, 11) is 0. The van der Waals surface area contributed by atoms with Crippen molar-refractivity contribution in [3.05, 3.63) is 57.9 Å². The number of amides is 1. The monoisotopic (exact) mass is 426 g/mol. The molecule has 2 aromatic carbocycles. The van der Waals surface area contributed by atoms with Crippen molar-refractivity contribution < 1.29 is 19.1 Å². The third-order valence-corrected chi connectivity index (χ3v) is 5.66. The molecular weight excluding hydrogens is 400 g/mol. The van der Waals surface area contributed by atoms with Gasteiger partial charge in [-0.2, -0.15) is 4.99 Å². The summed E-state index contributed by atoms with van der Waals surface area (Å²) in [5, 5.41) is 0. The molecule has 1 heterocycles. The average molecular weight is 427 g/mol. The standard InChI is InChI=1S/C23H26N2O4S/c1-5-28-18-9-10-19-20(13-18)30-23(25(19)14-22(27)29-6-2)24-21(26)12-17-8-7-15(3)11-16(17)4/h7-11,13H,5-6,12,14H2,1-4H3. The van der Waals surface area contributed by atoms with Crippen molar-refractivity contribution in [2.24, 2.45) is 4.99 Å². The lowest BCUT2D eigenvalue weighted by Crippen LogP contribution is -2.23. The van der Waals surface area contributed by atoms with E-state index in [1.54, 1.807) is 11.5 Å². The summed E-state index contributed by atoms with van der Waals surface area (Å²) in [6, 6.07) is 11.6. The number of benzene rings is 2. The molecule has 30 heavy (non-hydrogen) atoms. The molecule has 0 aliphatic heterocycles. The van der Waals surface area contributed by atoms with Crippen LogP contribution in [0.25, 0.3) is 10.2 Å². The van der Waals surface area contributed by atoms with Crippen LogP contribution < -0.4 is 9.54 Å². The van der Waals surface area contributed by atoms with E-state index in [4.69, 9.17) is 9.47 Å². The number of carbonyl (C=O) groups excluding carboxylic acids is 2. The fourth-order valence-corrected chi connectivity index (χ4v) is 4.31. The smallest absolute Gasteiger partial charge is 0.326 e. The fourth-order valence-electron chi connectivity index (χ4n) is 3.24. The van der Waals surface area contributed by atoms with Crippen LogP contribution in [0.1, 0.15) is 30.5 Å². The quantitative estimate of drug-likeness (QED) is 0.537. The third-order valence-electron chi connectivity index (χ3n) is 4.62. The molecule has 0 radical (unpaired) electrons. The van der Waals surface area contributed by atoms with E-state index in [2.05, 4.69) is 11.1 Å². The van der Waals surface area contributed by atoms with Gasteiger partial charge in [0.1, 0.15) is 12.3 Å². The lowest BCUT2D eigenvalue weighted by atomic mass is 10.0. The highest BCUT2D eigenvalue weighted by Crippen LogP contribution is 2.23. The number of fused-ring (bicyclic) bond motifs is 1. The molecule has 3 aromatic rings. The van der Waals surface area contributed by atoms with E-state index in [1.807, 2.05) is 51.1 Å². The van der Waals surface area contributed by atoms with Crippen molar-refractivity contribution in [1.82, 2.24) is 4.57 Å². The molecule has 1 aromatic heterocycles. The van der Waals surface area contributed by atoms with Crippen LogP contribution in [0.4, 0.5) is 0 Å². The minimum atomic E-state index is -0.366. The molecule has 0 bridgehead atoms. The van der Waals surface area contributed by atoms with Gasteiger partial charge in [-0.25, -0.2) is 0 Å². The van der Waals surface area contributed by atoms with Crippen LogP contribution in [0.15, 0.2) is 41.4 Å². The number of aryl methyl sites for hydroxylation is 2. The Kier molecular flexibility index (Phi) is 7.05. The number of carbonyl (C=O) groups is 2. The highest BCUT2D eigenvalue weighted by Gasteiger charge is 2.14. The Balaban J connectivity index is 2.00. The van der Waals surface area contributed by atoms with Gasteiger partial charge in [0, 0.05) is 0 Å². The van der Waals surface area contributed by atoms with Gasteiger partial charge in [0.25, 0.3) is 5.91 Å². The van der Waals surface area contributed by atoms with Crippen molar-refractivity contribution in [1.29, 1.82) is 0 Å². The predicted octanol–water partition coefficient (Wildman–Crippen LogP) is 3.95. The SMILES string of the molecule is CCOC(=O)Cn1c(=NC(=O)Cc2ccc(C)cc2C)sc2cc(OCC)ccc21. The molecule has 0 unspecified atom stereocenters. The number of esters is 1. The molecular formula is C23H26N2O4S. The summed E-state index contributed by atoms with van der Waals surface area (Å²) in [6.07, 6.45) is 0.212. The van der Waals surface area contributed by atoms with E-state index in [9.17, 15) is 9.59 Å². The van der Waals surface area contributed by atoms with Crippen LogP contribution in [0.2, 0.25) is 0 Å². The molecule has 0 aliphatic carbocycles. The van der Waals surface area contributed by atoms with Gasteiger partial charge in [0.05, 0.1) is 29.9 Å². The Bertz CT molecular complexity index is 1140. The second-order valence-corrected chi connectivity index (χ2v) is 7.96. The first-order valence-electron chi connectivity index (χ1n) is 9.96. The first-order valence-corrected chi connectivity index (χ1v) is 10.8. The summed E-state index contributed by atoms with van der Waals surface area (Å²) in [6.45, 7) is 8.56. The number of aromatic nitrogens is 1. The minimum absolute atomic E-state index is 0.00249. The van der Waals surface area contributed by atoms with Crippen molar-refractivity contribution in [3.8, 4) is 5.75 Å². The van der Waals surface area contributed by atoms with E-state index >= 15 is 0 Å². The molecule has 0 fully saturated rings. The Morgan fingerprint density at radius 2 is 1.87 bits per heavy atom. The molecule has 6 nitrogen and oxygen atoms in total. The summed E-state index contributed by atoms with van der Waals surface area (Å²) in [4.78, 5) is 29.7. The minimum Gasteiger partial charge on any atom is -0.494 e. The second-order valence-electron chi connectivity index (χ2n) is 6.95. The molecule has 1 amide bonds. The fraction of sp³-hybridized carbons (Fsp3) is 0.348. The number of rotatable bonds is 7. The molecule has 0 saturated carbocycles. The average Bonchev–Trinajstić information content (AvgIpc) is 3.00. The Labute approximate surface area is 179 Å². The van der Waals surface area contributed by atoms with Crippen LogP contribution in [-0.2, 0) is 27.3 Å². The summed E-state index contributed by atoms with van der Waals surface area (Å²) >= 11 is 1.36. The Hall–Kier alpha value is -2.93. The Morgan fingerprint density at radius 3 is 2.57 bits per heavy atom. The van der Waals surface area contributed by atoms with E-state index in [1.165, 1.54) is 11.3 Å². The zero-order valence-corrected chi connectivity index (χ0v) is 18.5. The number of thiazole rings is 1. The molecule has 0 aliphatic rings. The first-order chi connectivity index (χ1) is 14.4. The Morgan fingerprint density at radius 1 is 1.07 bits per heavy atom. The second kappa shape index (κ2) is 9.71. The van der Waals surface area contributed by atoms with Crippen molar-refractivity contribution in [2.45, 2.75) is 40.7 Å². The maximum Gasteiger partial charge on any atom is 0.326 e. The predicted molar refractivity (Wildman–Crippen MR) is 118 cm³/mol. The van der Waals surface area contributed by atoms with E-state index in [-0.39, 0.29) is 24.8 Å². The number of hydrogen-bond acceptors (Lipinski definition) is 5. The van der Waals surface area contributed by atoms with Gasteiger partial charge in [-0.3, -0.25) is 9.59 Å². The zero-order chi connectivity index (χ0) is 21.7. The molecule has 158 valence electrons. The van der Waals surface area contributed by atoms with E-state index < -0.39 is 0 Å². The van der Waals surface area contributed by atoms with Crippen LogP contribution in [0.3, 0.4) is 0 Å². The molecule has 3 rings (SSSR count). The van der Waals surface area contributed by atoms with Gasteiger partial charge in [-0.1, -0.05) is 35.1 Å². The van der Waals surface area contributed by atoms with Crippen LogP contribution in [0.5, 0.6) is 5.75 Å². The van der Waals surface area contributed by atoms with Crippen molar-refractivity contribution >= 4 is 33.4 Å². The lowest BCUT2D eigenvalue weighted by Gasteiger charge is -2.06. The molecule has 0 saturated heterocycles. The summed E-state index contributed by atoms with van der Waals surface area (Å²) in [5.41, 5.74) is 3.98. The topological polar surface area (TPSA) is 69.9 Å². The van der Waals surface area contributed by atoms with Crippen LogP contribution >= 0.6 is 11.3 Å². The molecule has 0 atom stereocenters. The highest BCUT2D eigenvalue weighted by molar-refractivity contribution is 7.16. The van der Waals surface area contributed by atoms with Gasteiger partial charge in [-0.15, -0.1) is 0 Å². The summed E-state index contributed by atoms with van der Waals surface area (Å²) in [5.74, 6) is 0.119.